The van der Waals surface area contributed by atoms with E-state index in [-0.39, 0.29) is 13.2 Å². The Morgan fingerprint density at radius 1 is 0.765 bits per heavy atom. The van der Waals surface area contributed by atoms with Gasteiger partial charge in [-0.05, 0) is 11.8 Å². The summed E-state index contributed by atoms with van der Waals surface area (Å²) < 4.78 is 76.3. The summed E-state index contributed by atoms with van der Waals surface area (Å²) in [4.78, 5) is 0. The summed E-state index contributed by atoms with van der Waals surface area (Å²) in [6, 6.07) is 0. The minimum absolute atomic E-state index is 0.179. The lowest BCUT2D eigenvalue weighted by molar-refractivity contribution is -0.152. The van der Waals surface area contributed by atoms with Gasteiger partial charge in [0, 0.05) is 26.1 Å². The molecular weight excluding hydrogens is 250 g/mol. The summed E-state index contributed by atoms with van der Waals surface area (Å²) in [5.41, 5.74) is 0. The second kappa shape index (κ2) is 6.47. The number of alkyl halides is 6. The van der Waals surface area contributed by atoms with Gasteiger partial charge in [-0.1, -0.05) is 13.8 Å². The molecule has 0 rings (SSSR count). The number of hydrogen-bond acceptors (Lipinski definition) is 1. The Bertz CT molecular complexity index is 188. The van der Waals surface area contributed by atoms with Gasteiger partial charge in [0.25, 0.3) is 0 Å². The van der Waals surface area contributed by atoms with Crippen molar-refractivity contribution in [2.75, 3.05) is 13.2 Å². The largest absolute Gasteiger partial charge is 0.389 e. The standard InChI is InChI=1S/C10H16F6O/c1-7(3-9(11,12)13)5-17-6-8(2)4-10(14,15)16/h7-8H,3-6H2,1-2H3. The van der Waals surface area contributed by atoms with Crippen molar-refractivity contribution in [3.05, 3.63) is 0 Å². The SMILES string of the molecule is CC(COCC(C)CC(F)(F)F)CC(F)(F)F. The van der Waals surface area contributed by atoms with Crippen LogP contribution in [0.2, 0.25) is 0 Å². The van der Waals surface area contributed by atoms with Gasteiger partial charge in [0.15, 0.2) is 0 Å². The molecule has 2 atom stereocenters. The third-order valence-corrected chi connectivity index (χ3v) is 1.96. The van der Waals surface area contributed by atoms with E-state index in [4.69, 9.17) is 4.74 Å². The van der Waals surface area contributed by atoms with Crippen LogP contribution in [0, 0.1) is 11.8 Å². The fourth-order valence-corrected chi connectivity index (χ4v) is 1.38. The predicted octanol–water partition coefficient (Wildman–Crippen LogP) is 4.18. The van der Waals surface area contributed by atoms with Crippen LogP contribution in [-0.4, -0.2) is 25.6 Å². The summed E-state index contributed by atoms with van der Waals surface area (Å²) in [6.07, 6.45) is -10.5. The average Bonchev–Trinajstić information content (AvgIpc) is 1.95. The van der Waals surface area contributed by atoms with Crippen molar-refractivity contribution in [2.45, 2.75) is 39.0 Å². The summed E-state index contributed by atoms with van der Waals surface area (Å²) in [5, 5.41) is 0. The molecule has 0 aliphatic carbocycles. The molecule has 0 saturated heterocycles. The Morgan fingerprint density at radius 2 is 1.06 bits per heavy atom. The minimum atomic E-state index is -4.26. The number of rotatable bonds is 6. The van der Waals surface area contributed by atoms with E-state index in [1.54, 1.807) is 0 Å². The molecule has 0 saturated carbocycles. The molecule has 0 aromatic rings. The lowest BCUT2D eigenvalue weighted by Crippen LogP contribution is -2.20. The van der Waals surface area contributed by atoms with E-state index >= 15 is 0 Å². The van der Waals surface area contributed by atoms with Crippen LogP contribution in [0.1, 0.15) is 26.7 Å². The maximum absolute atomic E-state index is 11.9. The second-order valence-electron chi connectivity index (χ2n) is 4.39. The van der Waals surface area contributed by atoms with Crippen molar-refractivity contribution in [1.29, 1.82) is 0 Å². The van der Waals surface area contributed by atoms with Gasteiger partial charge in [-0.2, -0.15) is 26.3 Å². The molecule has 2 unspecified atom stereocenters. The van der Waals surface area contributed by atoms with E-state index in [0.29, 0.717) is 0 Å². The van der Waals surface area contributed by atoms with E-state index in [2.05, 4.69) is 0 Å². The van der Waals surface area contributed by atoms with E-state index < -0.39 is 37.0 Å². The highest BCUT2D eigenvalue weighted by Crippen LogP contribution is 2.26. The minimum Gasteiger partial charge on any atom is -0.381 e. The second-order valence-corrected chi connectivity index (χ2v) is 4.39. The Kier molecular flexibility index (Phi) is 6.29. The fraction of sp³-hybridized carbons (Fsp3) is 1.00. The van der Waals surface area contributed by atoms with Crippen LogP contribution >= 0.6 is 0 Å². The zero-order chi connectivity index (χ0) is 13.7. The summed E-state index contributed by atoms with van der Waals surface area (Å²) in [7, 11) is 0. The van der Waals surface area contributed by atoms with Crippen LogP contribution < -0.4 is 0 Å². The Balaban J connectivity index is 3.70. The van der Waals surface area contributed by atoms with Gasteiger partial charge in [-0.3, -0.25) is 0 Å². The molecule has 0 amide bonds. The topological polar surface area (TPSA) is 9.23 Å². The first kappa shape index (κ1) is 16.5. The van der Waals surface area contributed by atoms with Crippen LogP contribution in [0.15, 0.2) is 0 Å². The van der Waals surface area contributed by atoms with E-state index in [0.717, 1.165) is 0 Å². The average molecular weight is 266 g/mol. The lowest BCUT2D eigenvalue weighted by Gasteiger charge is -2.17. The summed E-state index contributed by atoms with van der Waals surface area (Å²) >= 11 is 0. The molecule has 7 heteroatoms. The molecule has 17 heavy (non-hydrogen) atoms. The smallest absolute Gasteiger partial charge is 0.381 e. The quantitative estimate of drug-likeness (QED) is 0.655. The number of halogens is 6. The number of hydrogen-bond donors (Lipinski definition) is 0. The molecule has 0 fully saturated rings. The Hall–Kier alpha value is -0.460. The van der Waals surface area contributed by atoms with Gasteiger partial charge >= 0.3 is 12.4 Å². The van der Waals surface area contributed by atoms with Crippen LogP contribution in [0.3, 0.4) is 0 Å². The molecule has 104 valence electrons. The molecule has 0 radical (unpaired) electrons. The molecule has 0 heterocycles. The van der Waals surface area contributed by atoms with Crippen LogP contribution in [-0.2, 0) is 4.74 Å². The van der Waals surface area contributed by atoms with Crippen molar-refractivity contribution in [3.8, 4) is 0 Å². The van der Waals surface area contributed by atoms with E-state index in [1.807, 2.05) is 0 Å². The molecule has 1 nitrogen and oxygen atoms in total. The van der Waals surface area contributed by atoms with Crippen molar-refractivity contribution in [3.63, 3.8) is 0 Å². The van der Waals surface area contributed by atoms with Crippen molar-refractivity contribution in [1.82, 2.24) is 0 Å². The first-order chi connectivity index (χ1) is 7.49. The van der Waals surface area contributed by atoms with Gasteiger partial charge in [0.05, 0.1) is 0 Å². The zero-order valence-electron chi connectivity index (χ0n) is 9.66. The third-order valence-electron chi connectivity index (χ3n) is 1.96. The van der Waals surface area contributed by atoms with Crippen LogP contribution in [0.5, 0.6) is 0 Å². The molecule has 0 spiro atoms. The first-order valence-corrected chi connectivity index (χ1v) is 5.21. The van der Waals surface area contributed by atoms with E-state index in [1.165, 1.54) is 13.8 Å². The van der Waals surface area contributed by atoms with Crippen molar-refractivity contribution < 1.29 is 31.1 Å². The normalized spacial score (nSPS) is 16.9. The molecule has 0 N–H and O–H groups in total. The number of ether oxygens (including phenoxy) is 1. The van der Waals surface area contributed by atoms with Gasteiger partial charge in [0.1, 0.15) is 0 Å². The maximum atomic E-state index is 11.9. The summed E-state index contributed by atoms with van der Waals surface area (Å²) in [5.74, 6) is -1.49. The maximum Gasteiger partial charge on any atom is 0.389 e. The highest BCUT2D eigenvalue weighted by atomic mass is 19.4. The van der Waals surface area contributed by atoms with Gasteiger partial charge in [0.2, 0.25) is 0 Å². The van der Waals surface area contributed by atoms with Gasteiger partial charge in [-0.15, -0.1) is 0 Å². The molecular formula is C10H16F6O. The van der Waals surface area contributed by atoms with Gasteiger partial charge in [-0.25, -0.2) is 0 Å². The molecule has 0 aliphatic rings. The first-order valence-electron chi connectivity index (χ1n) is 5.21. The summed E-state index contributed by atoms with van der Waals surface area (Å²) in [6.45, 7) is 2.34. The van der Waals surface area contributed by atoms with Crippen molar-refractivity contribution in [2.24, 2.45) is 11.8 Å². The monoisotopic (exact) mass is 266 g/mol. The Labute approximate surface area is 96.1 Å². The highest BCUT2D eigenvalue weighted by Gasteiger charge is 2.31. The zero-order valence-corrected chi connectivity index (χ0v) is 9.66. The fourth-order valence-electron chi connectivity index (χ4n) is 1.38. The highest BCUT2D eigenvalue weighted by molar-refractivity contribution is 4.61. The van der Waals surface area contributed by atoms with Crippen LogP contribution in [0.25, 0.3) is 0 Å². The lowest BCUT2D eigenvalue weighted by atomic mass is 10.1. The molecule has 0 aromatic carbocycles. The Morgan fingerprint density at radius 3 is 1.29 bits per heavy atom. The predicted molar refractivity (Wildman–Crippen MR) is 50.5 cm³/mol. The third kappa shape index (κ3) is 11.8. The van der Waals surface area contributed by atoms with Crippen molar-refractivity contribution >= 4 is 0 Å². The van der Waals surface area contributed by atoms with E-state index in [9.17, 15) is 26.3 Å². The molecule has 0 bridgehead atoms. The van der Waals surface area contributed by atoms with Gasteiger partial charge < -0.3 is 4.74 Å². The molecule has 0 aromatic heterocycles. The van der Waals surface area contributed by atoms with Crippen LogP contribution in [0.4, 0.5) is 26.3 Å². The molecule has 0 aliphatic heterocycles.